The van der Waals surface area contributed by atoms with Crippen molar-refractivity contribution in [1.29, 1.82) is 0 Å². The van der Waals surface area contributed by atoms with Crippen molar-refractivity contribution in [2.45, 2.75) is 46.6 Å². The van der Waals surface area contributed by atoms with Crippen molar-refractivity contribution in [2.24, 2.45) is 5.92 Å². The maximum absolute atomic E-state index is 5.75. The summed E-state index contributed by atoms with van der Waals surface area (Å²) in [7, 11) is 0. The monoisotopic (exact) mass is 222 g/mol. The number of nitrogens with two attached hydrogens (primary N) is 1. The largest absolute Gasteiger partial charge is 0.383 e. The zero-order valence-corrected chi connectivity index (χ0v) is 10.6. The molecule has 0 radical (unpaired) electrons. The predicted octanol–water partition coefficient (Wildman–Crippen LogP) is 2.60. The summed E-state index contributed by atoms with van der Waals surface area (Å²) in [5.41, 5.74) is 6.68. The van der Waals surface area contributed by atoms with Gasteiger partial charge >= 0.3 is 0 Å². The topological polar surface area (TPSA) is 63.8 Å². The van der Waals surface area contributed by atoms with Crippen LogP contribution in [0.4, 0.5) is 11.6 Å². The summed E-state index contributed by atoms with van der Waals surface area (Å²) in [4.78, 5) is 8.19. The number of nitrogens with one attached hydrogen (secondary N) is 1. The lowest BCUT2D eigenvalue weighted by molar-refractivity contribution is 0.437. The molecule has 4 heteroatoms. The molecule has 1 aromatic heterocycles. The van der Waals surface area contributed by atoms with E-state index in [1.807, 2.05) is 6.92 Å². The molecule has 0 fully saturated rings. The Balaban J connectivity index is 2.76. The number of nitrogen functional groups attached to an aromatic ring is 1. The van der Waals surface area contributed by atoms with Crippen molar-refractivity contribution in [3.05, 3.63) is 11.9 Å². The van der Waals surface area contributed by atoms with Gasteiger partial charge in [0.15, 0.2) is 0 Å². The molecule has 0 aromatic carbocycles. The first-order chi connectivity index (χ1) is 7.60. The molecule has 0 spiro atoms. The van der Waals surface area contributed by atoms with Crippen molar-refractivity contribution < 1.29 is 0 Å². The Morgan fingerprint density at radius 3 is 2.50 bits per heavy atom. The molecule has 1 atom stereocenters. The zero-order valence-electron chi connectivity index (χ0n) is 10.6. The van der Waals surface area contributed by atoms with Gasteiger partial charge in [-0.05, 0) is 19.8 Å². The molecule has 1 unspecified atom stereocenters. The Bertz CT molecular complexity index is 334. The lowest BCUT2D eigenvalue weighted by Gasteiger charge is -2.23. The van der Waals surface area contributed by atoms with E-state index in [4.69, 9.17) is 5.73 Å². The molecule has 0 aliphatic rings. The van der Waals surface area contributed by atoms with Crippen LogP contribution in [0, 0.1) is 12.8 Å². The highest BCUT2D eigenvalue weighted by Crippen LogP contribution is 2.20. The maximum Gasteiger partial charge on any atom is 0.134 e. The molecule has 0 saturated carbocycles. The lowest BCUT2D eigenvalue weighted by Crippen LogP contribution is -2.26. The van der Waals surface area contributed by atoms with Crippen LogP contribution in [0.15, 0.2) is 6.33 Å². The number of hydrogen-bond acceptors (Lipinski definition) is 4. The molecule has 0 aliphatic carbocycles. The predicted molar refractivity (Wildman–Crippen MR) is 68.3 cm³/mol. The summed E-state index contributed by atoms with van der Waals surface area (Å²) in [6.07, 6.45) is 3.85. The fourth-order valence-corrected chi connectivity index (χ4v) is 1.94. The van der Waals surface area contributed by atoms with Crippen molar-refractivity contribution in [1.82, 2.24) is 9.97 Å². The van der Waals surface area contributed by atoms with E-state index < -0.39 is 0 Å². The number of hydrogen-bond donors (Lipinski definition) is 2. The standard InChI is InChI=1S/C12H22N4/c1-5-10(6-2)9(4)16-12-8(3)11(13)14-7-15-12/h7,9-10H,5-6H2,1-4H3,(H3,13,14,15,16). The van der Waals surface area contributed by atoms with Crippen LogP contribution >= 0.6 is 0 Å². The Morgan fingerprint density at radius 1 is 1.31 bits per heavy atom. The van der Waals surface area contributed by atoms with E-state index in [-0.39, 0.29) is 0 Å². The Hall–Kier alpha value is -1.32. The smallest absolute Gasteiger partial charge is 0.134 e. The summed E-state index contributed by atoms with van der Waals surface area (Å²) in [6, 6.07) is 0.406. The highest BCUT2D eigenvalue weighted by Gasteiger charge is 2.15. The van der Waals surface area contributed by atoms with E-state index in [0.29, 0.717) is 17.8 Å². The molecule has 4 nitrogen and oxygen atoms in total. The molecule has 0 bridgehead atoms. The van der Waals surface area contributed by atoms with Crippen LogP contribution in [0.5, 0.6) is 0 Å². The van der Waals surface area contributed by atoms with Crippen LogP contribution in [0.25, 0.3) is 0 Å². The second-order valence-electron chi connectivity index (χ2n) is 4.24. The summed E-state index contributed by atoms with van der Waals surface area (Å²) >= 11 is 0. The highest BCUT2D eigenvalue weighted by atomic mass is 15.1. The van der Waals surface area contributed by atoms with Crippen LogP contribution < -0.4 is 11.1 Å². The minimum absolute atomic E-state index is 0.406. The van der Waals surface area contributed by atoms with E-state index >= 15 is 0 Å². The third kappa shape index (κ3) is 2.84. The quantitative estimate of drug-likeness (QED) is 0.803. The fourth-order valence-electron chi connectivity index (χ4n) is 1.94. The van der Waals surface area contributed by atoms with Gasteiger partial charge in [0, 0.05) is 11.6 Å². The SMILES string of the molecule is CCC(CC)C(C)Nc1ncnc(N)c1C. The minimum Gasteiger partial charge on any atom is -0.383 e. The van der Waals surface area contributed by atoms with E-state index in [0.717, 1.165) is 11.4 Å². The van der Waals surface area contributed by atoms with Crippen molar-refractivity contribution in [3.8, 4) is 0 Å². The maximum atomic E-state index is 5.75. The van der Waals surface area contributed by atoms with Gasteiger partial charge in [-0.2, -0.15) is 0 Å². The first-order valence-corrected chi connectivity index (χ1v) is 5.93. The number of nitrogens with zero attached hydrogens (tertiary/aromatic N) is 2. The van der Waals surface area contributed by atoms with Gasteiger partial charge in [-0.3, -0.25) is 0 Å². The second kappa shape index (κ2) is 5.68. The van der Waals surface area contributed by atoms with E-state index in [1.165, 1.54) is 19.2 Å². The van der Waals surface area contributed by atoms with Gasteiger partial charge < -0.3 is 11.1 Å². The fraction of sp³-hybridized carbons (Fsp3) is 0.667. The molecule has 1 rings (SSSR count). The van der Waals surface area contributed by atoms with Gasteiger partial charge in [0.25, 0.3) is 0 Å². The average Bonchev–Trinajstić information content (AvgIpc) is 2.26. The van der Waals surface area contributed by atoms with E-state index in [2.05, 4.69) is 36.1 Å². The molecule has 0 amide bonds. The van der Waals surface area contributed by atoms with Crippen LogP contribution in [0.3, 0.4) is 0 Å². The number of anilines is 2. The summed E-state index contributed by atoms with van der Waals surface area (Å²) in [6.45, 7) is 8.56. The van der Waals surface area contributed by atoms with Gasteiger partial charge in [0.1, 0.15) is 18.0 Å². The third-order valence-electron chi connectivity index (χ3n) is 3.24. The van der Waals surface area contributed by atoms with Gasteiger partial charge in [-0.1, -0.05) is 26.7 Å². The van der Waals surface area contributed by atoms with Crippen molar-refractivity contribution in [3.63, 3.8) is 0 Å². The Labute approximate surface area is 97.7 Å². The molecule has 1 heterocycles. The molecule has 0 saturated heterocycles. The second-order valence-corrected chi connectivity index (χ2v) is 4.24. The van der Waals surface area contributed by atoms with E-state index in [1.54, 1.807) is 0 Å². The molecule has 0 aliphatic heterocycles. The van der Waals surface area contributed by atoms with Gasteiger partial charge in [0.05, 0.1) is 0 Å². The van der Waals surface area contributed by atoms with Gasteiger partial charge in [-0.25, -0.2) is 9.97 Å². The third-order valence-corrected chi connectivity index (χ3v) is 3.24. The molecule has 90 valence electrons. The highest BCUT2D eigenvalue weighted by molar-refractivity contribution is 5.54. The summed E-state index contributed by atoms with van der Waals surface area (Å²) in [5.74, 6) is 2.07. The van der Waals surface area contributed by atoms with Gasteiger partial charge in [-0.15, -0.1) is 0 Å². The minimum atomic E-state index is 0.406. The summed E-state index contributed by atoms with van der Waals surface area (Å²) in [5, 5.41) is 3.42. The van der Waals surface area contributed by atoms with Crippen LogP contribution in [-0.2, 0) is 0 Å². The lowest BCUT2D eigenvalue weighted by atomic mass is 9.95. The number of rotatable bonds is 5. The average molecular weight is 222 g/mol. The van der Waals surface area contributed by atoms with Crippen LogP contribution in [0.2, 0.25) is 0 Å². The van der Waals surface area contributed by atoms with Crippen molar-refractivity contribution in [2.75, 3.05) is 11.1 Å². The Kier molecular flexibility index (Phi) is 4.52. The molecular weight excluding hydrogens is 200 g/mol. The molecular formula is C12H22N4. The Morgan fingerprint density at radius 2 is 1.94 bits per heavy atom. The first kappa shape index (κ1) is 12.7. The number of aromatic nitrogens is 2. The molecule has 1 aromatic rings. The summed E-state index contributed by atoms with van der Waals surface area (Å²) < 4.78 is 0. The van der Waals surface area contributed by atoms with Crippen LogP contribution in [0.1, 0.15) is 39.2 Å². The molecule has 16 heavy (non-hydrogen) atoms. The van der Waals surface area contributed by atoms with E-state index in [9.17, 15) is 0 Å². The zero-order chi connectivity index (χ0) is 12.1. The first-order valence-electron chi connectivity index (χ1n) is 5.93. The van der Waals surface area contributed by atoms with Gasteiger partial charge in [0.2, 0.25) is 0 Å². The normalized spacial score (nSPS) is 12.8. The van der Waals surface area contributed by atoms with Crippen LogP contribution in [-0.4, -0.2) is 16.0 Å². The molecule has 3 N–H and O–H groups in total. The van der Waals surface area contributed by atoms with Crippen molar-refractivity contribution >= 4 is 11.6 Å².